The van der Waals surface area contributed by atoms with E-state index in [-0.39, 0.29) is 6.04 Å². The molecule has 2 rings (SSSR count). The van der Waals surface area contributed by atoms with Gasteiger partial charge in [-0.05, 0) is 31.5 Å². The van der Waals surface area contributed by atoms with Crippen LogP contribution >= 0.6 is 0 Å². The molecule has 19 heavy (non-hydrogen) atoms. The maximum atomic E-state index is 13.6. The minimum atomic E-state index is -3.84. The third-order valence-electron chi connectivity index (χ3n) is 3.19. The second-order valence-corrected chi connectivity index (χ2v) is 6.40. The molecule has 0 spiro atoms. The lowest BCUT2D eigenvalue weighted by atomic mass is 10.1. The Morgan fingerprint density at radius 2 is 2.37 bits per heavy atom. The molecule has 1 saturated heterocycles. The van der Waals surface area contributed by atoms with Crippen LogP contribution in [-0.4, -0.2) is 43.4 Å². The highest BCUT2D eigenvalue weighted by Gasteiger charge is 2.32. The fourth-order valence-corrected chi connectivity index (χ4v) is 3.80. The standard InChI is InChI=1S/C12H18FN3O2S/c1-2-14-10-5-4-8-16(9-10)19(17,18)12-11(13)6-3-7-15-12/h3,6-7,10,14H,2,4-5,8-9H2,1H3. The van der Waals surface area contributed by atoms with Crippen LogP contribution in [0.1, 0.15) is 19.8 Å². The zero-order chi connectivity index (χ0) is 13.9. The maximum absolute atomic E-state index is 13.6. The van der Waals surface area contributed by atoms with E-state index in [1.54, 1.807) is 0 Å². The molecule has 1 N–H and O–H groups in total. The summed E-state index contributed by atoms with van der Waals surface area (Å²) >= 11 is 0. The number of aromatic nitrogens is 1. The fourth-order valence-electron chi connectivity index (χ4n) is 2.30. The van der Waals surface area contributed by atoms with Gasteiger partial charge < -0.3 is 5.32 Å². The summed E-state index contributed by atoms with van der Waals surface area (Å²) in [4.78, 5) is 3.67. The van der Waals surface area contributed by atoms with E-state index in [4.69, 9.17) is 0 Å². The van der Waals surface area contributed by atoms with Gasteiger partial charge in [-0.25, -0.2) is 17.8 Å². The van der Waals surface area contributed by atoms with Gasteiger partial charge in [-0.1, -0.05) is 6.92 Å². The summed E-state index contributed by atoms with van der Waals surface area (Å²) in [7, 11) is -3.84. The van der Waals surface area contributed by atoms with Gasteiger partial charge in [0, 0.05) is 25.3 Å². The second kappa shape index (κ2) is 5.94. The topological polar surface area (TPSA) is 62.3 Å². The van der Waals surface area contributed by atoms with Crippen LogP contribution < -0.4 is 5.32 Å². The van der Waals surface area contributed by atoms with Crippen LogP contribution in [0, 0.1) is 5.82 Å². The molecule has 0 radical (unpaired) electrons. The van der Waals surface area contributed by atoms with Crippen LogP contribution in [0.3, 0.4) is 0 Å². The third kappa shape index (κ3) is 3.10. The van der Waals surface area contributed by atoms with Crippen LogP contribution in [0.2, 0.25) is 0 Å². The SMILES string of the molecule is CCNC1CCCN(S(=O)(=O)c2ncccc2F)C1. The molecule has 0 amide bonds. The van der Waals surface area contributed by atoms with Gasteiger partial charge in [0.1, 0.15) is 0 Å². The third-order valence-corrected chi connectivity index (χ3v) is 4.99. The number of halogens is 1. The van der Waals surface area contributed by atoms with Gasteiger partial charge in [-0.3, -0.25) is 0 Å². The predicted molar refractivity (Wildman–Crippen MR) is 69.7 cm³/mol. The molecule has 2 heterocycles. The Labute approximate surface area is 112 Å². The normalized spacial score (nSPS) is 21.5. The van der Waals surface area contributed by atoms with Gasteiger partial charge in [0.25, 0.3) is 10.0 Å². The summed E-state index contributed by atoms with van der Waals surface area (Å²) in [5.74, 6) is -0.798. The van der Waals surface area contributed by atoms with Gasteiger partial charge >= 0.3 is 0 Å². The van der Waals surface area contributed by atoms with Crippen LogP contribution in [0.15, 0.2) is 23.4 Å². The molecule has 1 unspecified atom stereocenters. The van der Waals surface area contributed by atoms with Crippen molar-refractivity contribution in [2.24, 2.45) is 0 Å². The van der Waals surface area contributed by atoms with Crippen LogP contribution in [0.4, 0.5) is 4.39 Å². The summed E-state index contributed by atoms with van der Waals surface area (Å²) in [6.07, 6.45) is 3.00. The second-order valence-electron chi connectivity index (χ2n) is 4.55. The summed E-state index contributed by atoms with van der Waals surface area (Å²) < 4.78 is 39.6. The first-order valence-electron chi connectivity index (χ1n) is 6.39. The molecule has 0 saturated carbocycles. The van der Waals surface area contributed by atoms with Crippen molar-refractivity contribution >= 4 is 10.0 Å². The lowest BCUT2D eigenvalue weighted by molar-refractivity contribution is 0.284. The molecule has 7 heteroatoms. The van der Waals surface area contributed by atoms with Crippen molar-refractivity contribution in [1.29, 1.82) is 0 Å². The number of hydrogen-bond acceptors (Lipinski definition) is 4. The Hall–Kier alpha value is -1.05. The van der Waals surface area contributed by atoms with Crippen molar-refractivity contribution in [3.63, 3.8) is 0 Å². The highest BCUT2D eigenvalue weighted by molar-refractivity contribution is 7.89. The summed E-state index contributed by atoms with van der Waals surface area (Å²) in [6.45, 7) is 3.55. The van der Waals surface area contributed by atoms with Gasteiger partial charge in [-0.15, -0.1) is 0 Å². The number of likely N-dealkylation sites (N-methyl/N-ethyl adjacent to an activating group) is 1. The number of piperidine rings is 1. The number of hydrogen-bond donors (Lipinski definition) is 1. The van der Waals surface area contributed by atoms with Gasteiger partial charge in [-0.2, -0.15) is 4.31 Å². The van der Waals surface area contributed by atoms with E-state index in [0.717, 1.165) is 25.5 Å². The monoisotopic (exact) mass is 287 g/mol. The van der Waals surface area contributed by atoms with Crippen molar-refractivity contribution in [2.75, 3.05) is 19.6 Å². The lowest BCUT2D eigenvalue weighted by Crippen LogP contribution is -2.48. The molecule has 0 aliphatic carbocycles. The number of nitrogens with zero attached hydrogens (tertiary/aromatic N) is 2. The Balaban J connectivity index is 2.22. The van der Waals surface area contributed by atoms with E-state index in [1.165, 1.54) is 16.6 Å². The molecular weight excluding hydrogens is 269 g/mol. The number of nitrogens with one attached hydrogen (secondary N) is 1. The maximum Gasteiger partial charge on any atom is 0.263 e. The van der Waals surface area contributed by atoms with Crippen LogP contribution in [0.5, 0.6) is 0 Å². The Morgan fingerprint density at radius 1 is 1.58 bits per heavy atom. The van der Waals surface area contributed by atoms with Gasteiger partial charge in [0.05, 0.1) is 0 Å². The number of pyridine rings is 1. The molecule has 1 aromatic heterocycles. The Morgan fingerprint density at radius 3 is 3.05 bits per heavy atom. The summed E-state index contributed by atoms with van der Waals surface area (Å²) in [5, 5.41) is 2.75. The number of sulfonamides is 1. The fraction of sp³-hybridized carbons (Fsp3) is 0.583. The average molecular weight is 287 g/mol. The number of rotatable bonds is 4. The minimum absolute atomic E-state index is 0.125. The minimum Gasteiger partial charge on any atom is -0.313 e. The highest BCUT2D eigenvalue weighted by Crippen LogP contribution is 2.21. The highest BCUT2D eigenvalue weighted by atomic mass is 32.2. The van der Waals surface area contributed by atoms with Crippen molar-refractivity contribution < 1.29 is 12.8 Å². The van der Waals surface area contributed by atoms with Crippen LogP contribution in [0.25, 0.3) is 0 Å². The molecule has 106 valence electrons. The molecule has 1 aliphatic heterocycles. The van der Waals surface area contributed by atoms with Crippen molar-refractivity contribution in [3.8, 4) is 0 Å². The van der Waals surface area contributed by atoms with Crippen LogP contribution in [-0.2, 0) is 10.0 Å². The summed E-state index contributed by atoms with van der Waals surface area (Å²) in [5.41, 5.74) is 0. The molecule has 1 atom stereocenters. The van der Waals surface area contributed by atoms with Crippen molar-refractivity contribution in [1.82, 2.24) is 14.6 Å². The quantitative estimate of drug-likeness (QED) is 0.897. The molecule has 0 aromatic carbocycles. The van der Waals surface area contributed by atoms with Gasteiger partial charge in [0.2, 0.25) is 5.03 Å². The molecular formula is C12H18FN3O2S. The lowest BCUT2D eigenvalue weighted by Gasteiger charge is -2.31. The Kier molecular flexibility index (Phi) is 4.49. The first-order chi connectivity index (χ1) is 9.05. The van der Waals surface area contributed by atoms with E-state index in [2.05, 4.69) is 10.3 Å². The molecule has 1 fully saturated rings. The van der Waals surface area contributed by atoms with E-state index < -0.39 is 20.9 Å². The molecule has 0 bridgehead atoms. The first-order valence-corrected chi connectivity index (χ1v) is 7.83. The van der Waals surface area contributed by atoms with Crippen molar-refractivity contribution in [3.05, 3.63) is 24.1 Å². The van der Waals surface area contributed by atoms with Crippen molar-refractivity contribution in [2.45, 2.75) is 30.8 Å². The van der Waals surface area contributed by atoms with E-state index in [1.807, 2.05) is 6.92 Å². The molecule has 5 nitrogen and oxygen atoms in total. The zero-order valence-electron chi connectivity index (χ0n) is 10.8. The largest absolute Gasteiger partial charge is 0.313 e. The van der Waals surface area contributed by atoms with E-state index in [9.17, 15) is 12.8 Å². The first kappa shape index (κ1) is 14.4. The summed E-state index contributed by atoms with van der Waals surface area (Å²) in [6, 6.07) is 2.62. The zero-order valence-corrected chi connectivity index (χ0v) is 11.7. The predicted octanol–water partition coefficient (Wildman–Crippen LogP) is 0.983. The Bertz CT molecular complexity index is 534. The van der Waals surface area contributed by atoms with Gasteiger partial charge in [0.15, 0.2) is 5.82 Å². The molecule has 1 aliphatic rings. The average Bonchev–Trinajstić information content (AvgIpc) is 2.40. The molecule has 1 aromatic rings. The van der Waals surface area contributed by atoms with E-state index >= 15 is 0 Å². The smallest absolute Gasteiger partial charge is 0.263 e. The van der Waals surface area contributed by atoms with E-state index in [0.29, 0.717) is 13.1 Å².